The summed E-state index contributed by atoms with van der Waals surface area (Å²) in [7, 11) is -0.872. The number of para-hydroxylation sites is 1. The molecule has 0 aliphatic rings. The molecular weight excluding hydrogens is 416 g/mol. The second-order valence-corrected chi connectivity index (χ2v) is 8.59. The van der Waals surface area contributed by atoms with Gasteiger partial charge in [-0.05, 0) is 43.3 Å². The van der Waals surface area contributed by atoms with Crippen LogP contribution in [0.1, 0.15) is 21.5 Å². The molecule has 7 nitrogen and oxygen atoms in total. The molecule has 0 bridgehead atoms. The molecule has 2 N–H and O–H groups in total. The fourth-order valence-corrected chi connectivity index (χ4v) is 3.99. The van der Waals surface area contributed by atoms with Crippen molar-refractivity contribution in [3.8, 4) is 11.5 Å². The number of carbonyl (C=O) groups is 1. The molecule has 0 unspecified atom stereocenters. The first kappa shape index (κ1) is 22.3. The number of hydrogen-bond acceptors (Lipinski definition) is 5. The lowest BCUT2D eigenvalue weighted by Gasteiger charge is -2.14. The lowest BCUT2D eigenvalue weighted by molar-refractivity contribution is 0.102. The first-order valence-corrected chi connectivity index (χ1v) is 11.0. The van der Waals surface area contributed by atoms with Gasteiger partial charge in [0.05, 0.1) is 24.8 Å². The maximum absolute atomic E-state index is 12.8. The third-order valence-electron chi connectivity index (χ3n) is 4.69. The van der Waals surface area contributed by atoms with E-state index < -0.39 is 10.0 Å². The van der Waals surface area contributed by atoms with Gasteiger partial charge in [0, 0.05) is 17.7 Å². The molecule has 3 rings (SSSR count). The summed E-state index contributed by atoms with van der Waals surface area (Å²) in [5.74, 6) is 0.574. The van der Waals surface area contributed by atoms with Crippen molar-refractivity contribution < 1.29 is 22.7 Å². The fourth-order valence-electron chi connectivity index (χ4n) is 2.96. The molecule has 1 amide bonds. The Kier molecular flexibility index (Phi) is 6.94. The molecule has 0 aliphatic carbocycles. The van der Waals surface area contributed by atoms with Crippen molar-refractivity contribution in [1.82, 2.24) is 4.72 Å². The number of hydrogen-bond donors (Lipinski definition) is 2. The highest BCUT2D eigenvalue weighted by molar-refractivity contribution is 7.89. The highest BCUT2D eigenvalue weighted by Gasteiger charge is 2.18. The molecule has 0 saturated carbocycles. The Balaban J connectivity index is 1.82. The van der Waals surface area contributed by atoms with Crippen LogP contribution in [0.3, 0.4) is 0 Å². The molecule has 31 heavy (non-hydrogen) atoms. The van der Waals surface area contributed by atoms with Gasteiger partial charge in [-0.15, -0.1) is 0 Å². The van der Waals surface area contributed by atoms with Crippen LogP contribution >= 0.6 is 0 Å². The SMILES string of the molecule is COc1ccccc1CNS(=O)(=O)c1ccc(OC)c(NC(=O)c2ccc(C)cc2)c1. The second-order valence-electron chi connectivity index (χ2n) is 6.82. The molecule has 3 aromatic rings. The number of ether oxygens (including phenoxy) is 2. The van der Waals surface area contributed by atoms with Crippen molar-refractivity contribution in [2.24, 2.45) is 0 Å². The van der Waals surface area contributed by atoms with Crippen molar-refractivity contribution in [3.05, 3.63) is 83.4 Å². The average molecular weight is 441 g/mol. The number of rotatable bonds is 8. The quantitative estimate of drug-likeness (QED) is 0.557. The minimum Gasteiger partial charge on any atom is -0.496 e. The Hall–Kier alpha value is -3.36. The van der Waals surface area contributed by atoms with Crippen LogP contribution < -0.4 is 19.5 Å². The highest BCUT2D eigenvalue weighted by atomic mass is 32.2. The molecule has 0 atom stereocenters. The zero-order chi connectivity index (χ0) is 22.4. The van der Waals surface area contributed by atoms with E-state index in [1.54, 1.807) is 30.3 Å². The van der Waals surface area contributed by atoms with Gasteiger partial charge in [0.2, 0.25) is 10.0 Å². The normalized spacial score (nSPS) is 11.1. The Morgan fingerprint density at radius 3 is 2.26 bits per heavy atom. The van der Waals surface area contributed by atoms with Gasteiger partial charge >= 0.3 is 0 Å². The second kappa shape index (κ2) is 9.63. The van der Waals surface area contributed by atoms with Crippen molar-refractivity contribution >= 4 is 21.6 Å². The predicted molar refractivity (Wildman–Crippen MR) is 119 cm³/mol. The summed E-state index contributed by atoms with van der Waals surface area (Å²) in [6.45, 7) is 1.99. The molecule has 0 radical (unpaired) electrons. The molecule has 0 fully saturated rings. The Labute approximate surface area is 182 Å². The third kappa shape index (κ3) is 5.42. The number of methoxy groups -OCH3 is 2. The van der Waals surface area contributed by atoms with Gasteiger partial charge in [0.25, 0.3) is 5.91 Å². The van der Waals surface area contributed by atoms with E-state index in [1.807, 2.05) is 25.1 Å². The average Bonchev–Trinajstić information content (AvgIpc) is 2.78. The molecule has 8 heteroatoms. The number of benzene rings is 3. The van der Waals surface area contributed by atoms with Crippen LogP contribution in [-0.2, 0) is 16.6 Å². The summed E-state index contributed by atoms with van der Waals surface area (Å²) in [5.41, 5.74) is 2.45. The van der Waals surface area contributed by atoms with Crippen molar-refractivity contribution in [2.75, 3.05) is 19.5 Å². The Bertz CT molecular complexity index is 1170. The molecule has 0 aromatic heterocycles. The molecule has 0 heterocycles. The van der Waals surface area contributed by atoms with E-state index in [1.165, 1.54) is 32.4 Å². The van der Waals surface area contributed by atoms with Gasteiger partial charge in [-0.2, -0.15) is 0 Å². The van der Waals surface area contributed by atoms with Gasteiger partial charge < -0.3 is 14.8 Å². The van der Waals surface area contributed by atoms with Crippen LogP contribution in [0.25, 0.3) is 0 Å². The standard InChI is InChI=1S/C23H24N2O5S/c1-16-8-10-17(11-9-16)23(26)25-20-14-19(12-13-22(20)30-3)31(27,28)24-15-18-6-4-5-7-21(18)29-2/h4-14,24H,15H2,1-3H3,(H,25,26). The summed E-state index contributed by atoms with van der Waals surface area (Å²) in [5, 5.41) is 2.73. The number of amides is 1. The maximum atomic E-state index is 12.8. The van der Waals surface area contributed by atoms with Crippen LogP contribution in [0, 0.1) is 6.92 Å². The number of nitrogens with one attached hydrogen (secondary N) is 2. The topological polar surface area (TPSA) is 93.7 Å². The molecule has 162 valence electrons. The monoisotopic (exact) mass is 440 g/mol. The van der Waals surface area contributed by atoms with Gasteiger partial charge in [0.1, 0.15) is 11.5 Å². The summed E-state index contributed by atoms with van der Waals surface area (Å²) in [6.07, 6.45) is 0. The van der Waals surface area contributed by atoms with E-state index >= 15 is 0 Å². The van der Waals surface area contributed by atoms with E-state index in [4.69, 9.17) is 9.47 Å². The highest BCUT2D eigenvalue weighted by Crippen LogP contribution is 2.28. The van der Waals surface area contributed by atoms with E-state index in [2.05, 4.69) is 10.0 Å². The smallest absolute Gasteiger partial charge is 0.255 e. The van der Waals surface area contributed by atoms with Crippen LogP contribution in [-0.4, -0.2) is 28.5 Å². The summed E-state index contributed by atoms with van der Waals surface area (Å²) in [6, 6.07) is 18.5. The van der Waals surface area contributed by atoms with E-state index in [9.17, 15) is 13.2 Å². The van der Waals surface area contributed by atoms with Gasteiger partial charge in [-0.25, -0.2) is 13.1 Å². The van der Waals surface area contributed by atoms with E-state index in [-0.39, 0.29) is 23.0 Å². The van der Waals surface area contributed by atoms with Gasteiger partial charge in [-0.1, -0.05) is 35.9 Å². The first-order valence-electron chi connectivity index (χ1n) is 9.51. The predicted octanol–water partition coefficient (Wildman–Crippen LogP) is 3.74. The fraction of sp³-hybridized carbons (Fsp3) is 0.174. The summed E-state index contributed by atoms with van der Waals surface area (Å²) < 4.78 is 38.8. The number of aryl methyl sites for hydroxylation is 1. The first-order chi connectivity index (χ1) is 14.8. The van der Waals surface area contributed by atoms with Crippen molar-refractivity contribution in [3.63, 3.8) is 0 Å². The molecule has 0 saturated heterocycles. The summed E-state index contributed by atoms with van der Waals surface area (Å²) >= 11 is 0. The minimum atomic E-state index is -3.85. The van der Waals surface area contributed by atoms with Crippen LogP contribution in [0.2, 0.25) is 0 Å². The van der Waals surface area contributed by atoms with Crippen molar-refractivity contribution in [1.29, 1.82) is 0 Å². The Morgan fingerprint density at radius 2 is 1.58 bits per heavy atom. The lowest BCUT2D eigenvalue weighted by atomic mass is 10.1. The van der Waals surface area contributed by atoms with E-state index in [0.29, 0.717) is 22.6 Å². The van der Waals surface area contributed by atoms with Gasteiger partial charge in [-0.3, -0.25) is 4.79 Å². The van der Waals surface area contributed by atoms with Crippen molar-refractivity contribution in [2.45, 2.75) is 18.4 Å². The lowest BCUT2D eigenvalue weighted by Crippen LogP contribution is -2.24. The van der Waals surface area contributed by atoms with E-state index in [0.717, 1.165) is 5.56 Å². The molecule has 3 aromatic carbocycles. The number of carbonyl (C=O) groups excluding carboxylic acids is 1. The van der Waals surface area contributed by atoms with Gasteiger partial charge in [0.15, 0.2) is 0 Å². The summed E-state index contributed by atoms with van der Waals surface area (Å²) in [4.78, 5) is 12.6. The zero-order valence-electron chi connectivity index (χ0n) is 17.5. The number of sulfonamides is 1. The Morgan fingerprint density at radius 1 is 0.903 bits per heavy atom. The zero-order valence-corrected chi connectivity index (χ0v) is 18.3. The van der Waals surface area contributed by atoms with Crippen LogP contribution in [0.5, 0.6) is 11.5 Å². The number of anilines is 1. The molecule has 0 aliphatic heterocycles. The van der Waals surface area contributed by atoms with Crippen LogP contribution in [0.15, 0.2) is 71.6 Å². The molecule has 0 spiro atoms. The van der Waals surface area contributed by atoms with Crippen LogP contribution in [0.4, 0.5) is 5.69 Å². The largest absolute Gasteiger partial charge is 0.496 e. The molecular formula is C23H24N2O5S. The third-order valence-corrected chi connectivity index (χ3v) is 6.09. The maximum Gasteiger partial charge on any atom is 0.255 e. The minimum absolute atomic E-state index is 0.00223.